The quantitative estimate of drug-likeness (QED) is 0.554. The van der Waals surface area contributed by atoms with Gasteiger partial charge in [0.15, 0.2) is 6.29 Å². The highest BCUT2D eigenvalue weighted by molar-refractivity contribution is 5.03. The van der Waals surface area contributed by atoms with Gasteiger partial charge >= 0.3 is 0 Å². The molecule has 1 aliphatic carbocycles. The van der Waals surface area contributed by atoms with Gasteiger partial charge in [-0.05, 0) is 33.6 Å². The van der Waals surface area contributed by atoms with Crippen molar-refractivity contribution in [1.82, 2.24) is 0 Å². The lowest BCUT2D eigenvalue weighted by atomic mass is 9.67. The number of ether oxygens (including phenoxy) is 3. The highest BCUT2D eigenvalue weighted by atomic mass is 16.7. The van der Waals surface area contributed by atoms with Crippen LogP contribution >= 0.6 is 0 Å². The average Bonchev–Trinajstić information content (AvgIpc) is 2.46. The first-order chi connectivity index (χ1) is 10.7. The summed E-state index contributed by atoms with van der Waals surface area (Å²) >= 11 is 0. The predicted molar refractivity (Wildman–Crippen MR) is 79.6 cm³/mol. The van der Waals surface area contributed by atoms with Crippen molar-refractivity contribution in [2.24, 2.45) is 5.92 Å². The fourth-order valence-electron chi connectivity index (χ4n) is 4.41. The van der Waals surface area contributed by atoms with Crippen LogP contribution in [0.3, 0.4) is 0 Å². The van der Waals surface area contributed by atoms with Gasteiger partial charge in [0, 0.05) is 12.3 Å². The Hall–Kier alpha value is -0.280. The molecule has 3 aliphatic heterocycles. The molecule has 1 saturated carbocycles. The standard InChI is InChI=1S/C16H28O7/c1-15(2)8-4-5-16(3,23-15)6-9(8)21-14-13(20)12(19)11(18)10(7-17)22-14/h8-14,17-20H,4-7H2,1-3H3/t8?,9-,10+,11+,12-,13+,14+,16?/m0/s1. The Morgan fingerprint density at radius 1 is 1.09 bits per heavy atom. The van der Waals surface area contributed by atoms with Crippen LogP contribution < -0.4 is 0 Å². The maximum Gasteiger partial charge on any atom is 0.186 e. The molecule has 0 amide bonds. The van der Waals surface area contributed by atoms with Gasteiger partial charge in [-0.25, -0.2) is 0 Å². The number of hydrogen-bond acceptors (Lipinski definition) is 7. The lowest BCUT2D eigenvalue weighted by Gasteiger charge is -2.57. The van der Waals surface area contributed by atoms with E-state index >= 15 is 0 Å². The SMILES string of the molecule is CC12CCC([C@@H](O[C@@H]3O[C@H](CO)[C@@H](O)[C@H](O)[C@H]3O)C1)C(C)(C)O2. The molecule has 3 saturated heterocycles. The molecule has 0 radical (unpaired) electrons. The molecule has 4 fully saturated rings. The molecule has 7 nitrogen and oxygen atoms in total. The van der Waals surface area contributed by atoms with Crippen molar-refractivity contribution in [3.8, 4) is 0 Å². The lowest BCUT2D eigenvalue weighted by Crippen LogP contribution is -2.64. The maximum atomic E-state index is 10.1. The van der Waals surface area contributed by atoms with E-state index in [1.807, 2.05) is 13.8 Å². The summed E-state index contributed by atoms with van der Waals surface area (Å²) in [6.07, 6.45) is -3.70. The van der Waals surface area contributed by atoms with Crippen LogP contribution in [0.15, 0.2) is 0 Å². The summed E-state index contributed by atoms with van der Waals surface area (Å²) in [6.45, 7) is 5.69. The van der Waals surface area contributed by atoms with Crippen LogP contribution in [0.2, 0.25) is 0 Å². The van der Waals surface area contributed by atoms with Gasteiger partial charge in [-0.3, -0.25) is 0 Å². The van der Waals surface area contributed by atoms with E-state index in [-0.39, 0.29) is 23.2 Å². The Kier molecular flexibility index (Phi) is 4.51. The molecule has 7 heteroatoms. The Labute approximate surface area is 136 Å². The second-order valence-corrected chi connectivity index (χ2v) is 7.88. The minimum absolute atomic E-state index is 0.164. The first-order valence-corrected chi connectivity index (χ1v) is 8.33. The third-order valence-electron chi connectivity index (χ3n) is 5.63. The first-order valence-electron chi connectivity index (χ1n) is 8.33. The van der Waals surface area contributed by atoms with E-state index in [9.17, 15) is 20.4 Å². The summed E-state index contributed by atoms with van der Waals surface area (Å²) in [7, 11) is 0. The third kappa shape index (κ3) is 3.04. The van der Waals surface area contributed by atoms with Gasteiger partial charge in [0.2, 0.25) is 0 Å². The molecule has 134 valence electrons. The van der Waals surface area contributed by atoms with Gasteiger partial charge in [-0.15, -0.1) is 0 Å². The normalized spacial score (nSPS) is 52.6. The number of hydrogen-bond donors (Lipinski definition) is 4. The van der Waals surface area contributed by atoms with Gasteiger partial charge < -0.3 is 34.6 Å². The predicted octanol–water partition coefficient (Wildman–Crippen LogP) is -0.461. The Morgan fingerprint density at radius 2 is 1.78 bits per heavy atom. The molecule has 4 N–H and O–H groups in total. The highest BCUT2D eigenvalue weighted by Crippen LogP contribution is 2.51. The van der Waals surface area contributed by atoms with Crippen LogP contribution in [0.25, 0.3) is 0 Å². The zero-order valence-electron chi connectivity index (χ0n) is 13.9. The van der Waals surface area contributed by atoms with E-state index < -0.39 is 37.3 Å². The smallest absolute Gasteiger partial charge is 0.186 e. The maximum absolute atomic E-state index is 10.1. The summed E-state index contributed by atoms with van der Waals surface area (Å²) in [4.78, 5) is 0. The largest absolute Gasteiger partial charge is 0.394 e. The van der Waals surface area contributed by atoms with E-state index in [1.54, 1.807) is 0 Å². The lowest BCUT2D eigenvalue weighted by molar-refractivity contribution is -0.344. The molecule has 2 unspecified atom stereocenters. The van der Waals surface area contributed by atoms with E-state index in [0.29, 0.717) is 6.42 Å². The van der Waals surface area contributed by atoms with Crippen LogP contribution in [-0.2, 0) is 14.2 Å². The van der Waals surface area contributed by atoms with Crippen molar-refractivity contribution in [3.63, 3.8) is 0 Å². The highest BCUT2D eigenvalue weighted by Gasteiger charge is 2.55. The number of fused-ring (bicyclic) bond motifs is 3. The molecule has 3 heterocycles. The molecule has 4 rings (SSSR count). The van der Waals surface area contributed by atoms with Gasteiger partial charge in [-0.1, -0.05) is 0 Å². The van der Waals surface area contributed by atoms with Crippen LogP contribution in [0.5, 0.6) is 0 Å². The van der Waals surface area contributed by atoms with E-state index in [2.05, 4.69) is 6.92 Å². The second kappa shape index (κ2) is 5.91. The molecule has 8 atom stereocenters. The van der Waals surface area contributed by atoms with Crippen molar-refractivity contribution in [3.05, 3.63) is 0 Å². The summed E-state index contributed by atoms with van der Waals surface area (Å²) in [5.41, 5.74) is -0.596. The Bertz CT molecular complexity index is 437. The topological polar surface area (TPSA) is 109 Å². The fourth-order valence-corrected chi connectivity index (χ4v) is 4.41. The fraction of sp³-hybridized carbons (Fsp3) is 1.00. The van der Waals surface area contributed by atoms with Gasteiger partial charge in [0.25, 0.3) is 0 Å². The van der Waals surface area contributed by atoms with E-state index in [0.717, 1.165) is 12.8 Å². The number of aliphatic hydroxyl groups is 4. The molecule has 2 bridgehead atoms. The minimum Gasteiger partial charge on any atom is -0.394 e. The van der Waals surface area contributed by atoms with Crippen LogP contribution in [0, 0.1) is 5.92 Å². The van der Waals surface area contributed by atoms with Gasteiger partial charge in [0.05, 0.1) is 23.9 Å². The van der Waals surface area contributed by atoms with Crippen LogP contribution in [0.4, 0.5) is 0 Å². The molecule has 0 aromatic carbocycles. The number of aliphatic hydroxyl groups excluding tert-OH is 4. The zero-order valence-corrected chi connectivity index (χ0v) is 13.9. The van der Waals surface area contributed by atoms with Crippen molar-refractivity contribution in [1.29, 1.82) is 0 Å². The third-order valence-corrected chi connectivity index (χ3v) is 5.63. The summed E-state index contributed by atoms with van der Waals surface area (Å²) < 4.78 is 17.6. The molecule has 0 aromatic rings. The van der Waals surface area contributed by atoms with Crippen molar-refractivity contribution >= 4 is 0 Å². The molecule has 0 aromatic heterocycles. The number of rotatable bonds is 3. The van der Waals surface area contributed by atoms with E-state index in [1.165, 1.54) is 0 Å². The first kappa shape index (κ1) is 17.5. The second-order valence-electron chi connectivity index (χ2n) is 7.88. The van der Waals surface area contributed by atoms with Crippen molar-refractivity contribution < 1.29 is 34.6 Å². The molecular weight excluding hydrogens is 304 g/mol. The summed E-state index contributed by atoms with van der Waals surface area (Å²) in [5.74, 6) is 0.164. The van der Waals surface area contributed by atoms with Crippen LogP contribution in [0.1, 0.15) is 40.0 Å². The summed E-state index contributed by atoms with van der Waals surface area (Å²) in [6, 6.07) is 0. The molecular formula is C16H28O7. The molecule has 4 aliphatic rings. The monoisotopic (exact) mass is 332 g/mol. The Morgan fingerprint density at radius 3 is 2.35 bits per heavy atom. The average molecular weight is 332 g/mol. The summed E-state index contributed by atoms with van der Waals surface area (Å²) in [5, 5.41) is 39.1. The van der Waals surface area contributed by atoms with Crippen molar-refractivity contribution in [2.75, 3.05) is 6.61 Å². The van der Waals surface area contributed by atoms with Crippen molar-refractivity contribution in [2.45, 2.75) is 88.0 Å². The zero-order chi connectivity index (χ0) is 17.0. The Balaban J connectivity index is 1.74. The minimum atomic E-state index is -1.41. The molecule has 23 heavy (non-hydrogen) atoms. The molecule has 0 spiro atoms. The van der Waals surface area contributed by atoms with E-state index in [4.69, 9.17) is 14.2 Å². The van der Waals surface area contributed by atoms with Gasteiger partial charge in [-0.2, -0.15) is 0 Å². The van der Waals surface area contributed by atoms with Crippen LogP contribution in [-0.4, -0.2) is 75.0 Å². The van der Waals surface area contributed by atoms with Gasteiger partial charge in [0.1, 0.15) is 24.4 Å².